The average Bonchev–Trinajstić information content (AvgIpc) is 2.47. The van der Waals surface area contributed by atoms with Crippen molar-refractivity contribution in [3.63, 3.8) is 0 Å². The highest BCUT2D eigenvalue weighted by Crippen LogP contribution is 2.24. The second-order valence-corrected chi connectivity index (χ2v) is 6.99. The van der Waals surface area contributed by atoms with Gasteiger partial charge in [0.1, 0.15) is 0 Å². The van der Waals surface area contributed by atoms with E-state index in [9.17, 15) is 13.2 Å². The standard InChI is InChI=1S/C17H33F3N4/c1-4-21-16(22-9-5-14(2)3)23-10-6-15-7-11-24(12-8-15)13-17(18,19)20/h14-15H,4-13H2,1-3H3,(H2,21,22,23). The van der Waals surface area contributed by atoms with E-state index in [0.29, 0.717) is 24.9 Å². The maximum Gasteiger partial charge on any atom is 0.401 e. The van der Waals surface area contributed by atoms with Gasteiger partial charge in [0.15, 0.2) is 5.96 Å². The first-order valence-corrected chi connectivity index (χ1v) is 9.11. The van der Waals surface area contributed by atoms with Crippen molar-refractivity contribution in [1.29, 1.82) is 0 Å². The zero-order chi connectivity index (χ0) is 18.0. The topological polar surface area (TPSA) is 39.7 Å². The van der Waals surface area contributed by atoms with Gasteiger partial charge in [-0.05, 0) is 57.5 Å². The Kier molecular flexibility index (Phi) is 9.48. The summed E-state index contributed by atoms with van der Waals surface area (Å²) >= 11 is 0. The van der Waals surface area contributed by atoms with Gasteiger partial charge in [0.05, 0.1) is 6.54 Å². The molecule has 0 aromatic rings. The van der Waals surface area contributed by atoms with Crippen molar-refractivity contribution < 1.29 is 13.2 Å². The maximum absolute atomic E-state index is 12.4. The van der Waals surface area contributed by atoms with E-state index in [-0.39, 0.29) is 0 Å². The Hall–Kier alpha value is -0.980. The average molecular weight is 350 g/mol. The SMILES string of the molecule is CCNC(=NCCC1CCN(CC(F)(F)F)CC1)NCCC(C)C. The number of hydrogen-bond acceptors (Lipinski definition) is 2. The Balaban J connectivity index is 2.26. The second-order valence-electron chi connectivity index (χ2n) is 6.99. The van der Waals surface area contributed by atoms with Crippen LogP contribution in [0.15, 0.2) is 4.99 Å². The van der Waals surface area contributed by atoms with Gasteiger partial charge in [-0.3, -0.25) is 9.89 Å². The summed E-state index contributed by atoms with van der Waals surface area (Å²) in [6.07, 6.45) is -0.367. The molecule has 0 amide bonds. The molecule has 0 bridgehead atoms. The van der Waals surface area contributed by atoms with Gasteiger partial charge in [0, 0.05) is 19.6 Å². The van der Waals surface area contributed by atoms with Crippen molar-refractivity contribution >= 4 is 5.96 Å². The number of likely N-dealkylation sites (tertiary alicyclic amines) is 1. The summed E-state index contributed by atoms with van der Waals surface area (Å²) in [5.41, 5.74) is 0. The van der Waals surface area contributed by atoms with Gasteiger partial charge in [-0.1, -0.05) is 13.8 Å². The Bertz CT molecular complexity index is 361. The minimum absolute atomic E-state index is 0.483. The molecule has 0 saturated carbocycles. The molecule has 1 heterocycles. The molecule has 142 valence electrons. The van der Waals surface area contributed by atoms with Crippen molar-refractivity contribution in [3.8, 4) is 0 Å². The normalized spacial score (nSPS) is 18.2. The van der Waals surface area contributed by atoms with Crippen molar-refractivity contribution in [1.82, 2.24) is 15.5 Å². The van der Waals surface area contributed by atoms with E-state index in [1.165, 1.54) is 4.90 Å². The van der Waals surface area contributed by atoms with Crippen LogP contribution in [0.25, 0.3) is 0 Å². The minimum atomic E-state index is -4.08. The molecule has 2 N–H and O–H groups in total. The Labute approximate surface area is 144 Å². The van der Waals surface area contributed by atoms with E-state index in [1.807, 2.05) is 6.92 Å². The van der Waals surface area contributed by atoms with Gasteiger partial charge in [-0.15, -0.1) is 0 Å². The van der Waals surface area contributed by atoms with Crippen LogP contribution < -0.4 is 10.6 Å². The van der Waals surface area contributed by atoms with Gasteiger partial charge in [-0.25, -0.2) is 0 Å². The Morgan fingerprint density at radius 1 is 1.21 bits per heavy atom. The quantitative estimate of drug-likeness (QED) is 0.521. The fourth-order valence-corrected chi connectivity index (χ4v) is 2.87. The molecule has 1 aliphatic rings. The first-order chi connectivity index (χ1) is 11.3. The lowest BCUT2D eigenvalue weighted by Gasteiger charge is -2.32. The lowest BCUT2D eigenvalue weighted by molar-refractivity contribution is -0.148. The lowest BCUT2D eigenvalue weighted by atomic mass is 9.93. The van der Waals surface area contributed by atoms with Crippen LogP contribution in [0.1, 0.15) is 46.5 Å². The molecule has 4 nitrogen and oxygen atoms in total. The molecule has 1 rings (SSSR count). The largest absolute Gasteiger partial charge is 0.401 e. The molecule has 7 heteroatoms. The highest BCUT2D eigenvalue weighted by atomic mass is 19.4. The predicted octanol–water partition coefficient (Wildman–Crippen LogP) is 3.25. The molecule has 24 heavy (non-hydrogen) atoms. The summed E-state index contributed by atoms with van der Waals surface area (Å²) in [6, 6.07) is 0. The lowest BCUT2D eigenvalue weighted by Crippen LogP contribution is -2.40. The van der Waals surface area contributed by atoms with Gasteiger partial charge < -0.3 is 10.6 Å². The summed E-state index contributed by atoms with van der Waals surface area (Å²) in [5.74, 6) is 1.98. The zero-order valence-electron chi connectivity index (χ0n) is 15.3. The fraction of sp³-hybridized carbons (Fsp3) is 0.941. The first-order valence-electron chi connectivity index (χ1n) is 9.11. The molecule has 0 atom stereocenters. The maximum atomic E-state index is 12.4. The summed E-state index contributed by atoms with van der Waals surface area (Å²) in [4.78, 5) is 6.09. The molecule has 1 fully saturated rings. The number of rotatable bonds is 8. The van der Waals surface area contributed by atoms with Crippen LogP contribution >= 0.6 is 0 Å². The summed E-state index contributed by atoms with van der Waals surface area (Å²) < 4.78 is 37.1. The molecule has 0 spiro atoms. The number of piperidine rings is 1. The van der Waals surface area contributed by atoms with E-state index in [1.54, 1.807) is 0 Å². The molecule has 0 aromatic heterocycles. The zero-order valence-corrected chi connectivity index (χ0v) is 15.3. The summed E-state index contributed by atoms with van der Waals surface area (Å²) in [7, 11) is 0. The fourth-order valence-electron chi connectivity index (χ4n) is 2.87. The van der Waals surface area contributed by atoms with Crippen LogP contribution in [0.5, 0.6) is 0 Å². The summed E-state index contributed by atoms with van der Waals surface area (Å²) in [6.45, 7) is 9.18. The Morgan fingerprint density at radius 2 is 1.88 bits per heavy atom. The van der Waals surface area contributed by atoms with E-state index in [4.69, 9.17) is 0 Å². The number of nitrogens with one attached hydrogen (secondary N) is 2. The van der Waals surface area contributed by atoms with Crippen molar-refractivity contribution in [3.05, 3.63) is 0 Å². The van der Waals surface area contributed by atoms with Gasteiger partial charge in [-0.2, -0.15) is 13.2 Å². The van der Waals surface area contributed by atoms with E-state index < -0.39 is 12.7 Å². The van der Waals surface area contributed by atoms with Crippen LogP contribution in [0, 0.1) is 11.8 Å². The second kappa shape index (κ2) is 10.8. The van der Waals surface area contributed by atoms with Gasteiger partial charge in [0.25, 0.3) is 0 Å². The number of halogens is 3. The van der Waals surface area contributed by atoms with E-state index in [2.05, 4.69) is 29.5 Å². The highest BCUT2D eigenvalue weighted by molar-refractivity contribution is 5.79. The Morgan fingerprint density at radius 3 is 2.42 bits per heavy atom. The van der Waals surface area contributed by atoms with Crippen LogP contribution in [0.3, 0.4) is 0 Å². The molecule has 1 saturated heterocycles. The number of hydrogen-bond donors (Lipinski definition) is 2. The monoisotopic (exact) mass is 350 g/mol. The van der Waals surface area contributed by atoms with Crippen molar-refractivity contribution in [2.45, 2.75) is 52.6 Å². The summed E-state index contributed by atoms with van der Waals surface area (Å²) in [5, 5.41) is 6.56. The molecular weight excluding hydrogens is 317 g/mol. The minimum Gasteiger partial charge on any atom is -0.357 e. The predicted molar refractivity (Wildman–Crippen MR) is 93.3 cm³/mol. The van der Waals surface area contributed by atoms with Gasteiger partial charge in [0.2, 0.25) is 0 Å². The molecule has 0 unspecified atom stereocenters. The molecular formula is C17H33F3N4. The van der Waals surface area contributed by atoms with E-state index >= 15 is 0 Å². The smallest absolute Gasteiger partial charge is 0.357 e. The van der Waals surface area contributed by atoms with E-state index in [0.717, 1.165) is 51.3 Å². The molecule has 0 aliphatic carbocycles. The number of nitrogens with zero attached hydrogens (tertiary/aromatic N) is 2. The molecule has 0 radical (unpaired) electrons. The van der Waals surface area contributed by atoms with Gasteiger partial charge >= 0.3 is 6.18 Å². The third-order valence-electron chi connectivity index (χ3n) is 4.28. The van der Waals surface area contributed by atoms with Crippen LogP contribution in [0.2, 0.25) is 0 Å². The molecule has 1 aliphatic heterocycles. The van der Waals surface area contributed by atoms with Crippen molar-refractivity contribution in [2.24, 2.45) is 16.8 Å². The third kappa shape index (κ3) is 10.0. The number of aliphatic imine (C=N–C) groups is 1. The third-order valence-corrected chi connectivity index (χ3v) is 4.28. The van der Waals surface area contributed by atoms with Crippen LogP contribution in [0.4, 0.5) is 13.2 Å². The molecule has 0 aromatic carbocycles. The highest BCUT2D eigenvalue weighted by Gasteiger charge is 2.32. The van der Waals surface area contributed by atoms with Crippen LogP contribution in [-0.2, 0) is 0 Å². The van der Waals surface area contributed by atoms with Crippen molar-refractivity contribution in [2.75, 3.05) is 39.3 Å². The first kappa shape index (κ1) is 21.1. The number of guanidine groups is 1. The number of alkyl halides is 3. The van der Waals surface area contributed by atoms with Crippen LogP contribution in [-0.4, -0.2) is 56.3 Å².